The van der Waals surface area contributed by atoms with Crippen molar-refractivity contribution in [3.05, 3.63) is 36.2 Å². The highest BCUT2D eigenvalue weighted by Gasteiger charge is 2.12. The van der Waals surface area contributed by atoms with E-state index in [2.05, 4.69) is 70.1 Å². The lowest BCUT2D eigenvalue weighted by molar-refractivity contribution is 0.726. The van der Waals surface area contributed by atoms with Crippen molar-refractivity contribution in [2.24, 2.45) is 0 Å². The average molecular weight is 354 g/mol. The quantitative estimate of drug-likeness (QED) is 0.811. The summed E-state index contributed by atoms with van der Waals surface area (Å²) in [5.41, 5.74) is 3.59. The van der Waals surface area contributed by atoms with E-state index in [1.54, 1.807) is 6.33 Å². The van der Waals surface area contributed by atoms with Crippen LogP contribution in [0, 0.1) is 6.92 Å². The smallest absolute Gasteiger partial charge is 0.135 e. The van der Waals surface area contributed by atoms with E-state index in [4.69, 9.17) is 0 Å². The van der Waals surface area contributed by atoms with Crippen LogP contribution in [0.25, 0.3) is 0 Å². The molecule has 1 N–H and O–H groups in total. The highest BCUT2D eigenvalue weighted by Crippen LogP contribution is 2.26. The van der Waals surface area contributed by atoms with Gasteiger partial charge < -0.3 is 15.1 Å². The minimum atomic E-state index is 0.859. The Bertz CT molecular complexity index is 703. The molecule has 140 valence electrons. The number of rotatable bonds is 6. The number of nitrogens with zero attached hydrogens (tertiary/aromatic N) is 4. The molecule has 1 aliphatic heterocycles. The summed E-state index contributed by atoms with van der Waals surface area (Å²) in [5.74, 6) is 1.89. The summed E-state index contributed by atoms with van der Waals surface area (Å²) in [5, 5.41) is 3.47. The molecule has 1 aliphatic rings. The van der Waals surface area contributed by atoms with Crippen molar-refractivity contribution >= 4 is 23.0 Å². The van der Waals surface area contributed by atoms with Gasteiger partial charge in [-0.05, 0) is 57.4 Å². The molecular formula is C21H31N5. The van der Waals surface area contributed by atoms with Crippen LogP contribution in [-0.4, -0.2) is 36.1 Å². The molecule has 0 saturated carbocycles. The maximum absolute atomic E-state index is 4.50. The van der Waals surface area contributed by atoms with Crippen LogP contribution in [-0.2, 0) is 0 Å². The zero-order chi connectivity index (χ0) is 18.4. The van der Waals surface area contributed by atoms with Crippen LogP contribution in [0.4, 0.5) is 23.0 Å². The van der Waals surface area contributed by atoms with Gasteiger partial charge in [0.1, 0.15) is 18.0 Å². The van der Waals surface area contributed by atoms with E-state index in [-0.39, 0.29) is 0 Å². The van der Waals surface area contributed by atoms with Crippen LogP contribution in [0.1, 0.15) is 45.1 Å². The van der Waals surface area contributed by atoms with Gasteiger partial charge in [-0.1, -0.05) is 12.8 Å². The summed E-state index contributed by atoms with van der Waals surface area (Å²) in [6.45, 7) is 10.8. The molecule has 1 aromatic heterocycles. The van der Waals surface area contributed by atoms with E-state index in [0.29, 0.717) is 0 Å². The number of benzene rings is 1. The first kappa shape index (κ1) is 18.5. The Morgan fingerprint density at radius 1 is 1.00 bits per heavy atom. The van der Waals surface area contributed by atoms with Gasteiger partial charge in [-0.25, -0.2) is 9.97 Å². The van der Waals surface area contributed by atoms with E-state index in [1.807, 2.05) is 0 Å². The molecular weight excluding hydrogens is 322 g/mol. The SMILES string of the molecule is CCN(CC)c1ccc(Nc2cc(N3CCCCCC3)ncn2)c(C)c1. The van der Waals surface area contributed by atoms with Crippen molar-refractivity contribution in [3.8, 4) is 0 Å². The van der Waals surface area contributed by atoms with Crippen LogP contribution in [0.15, 0.2) is 30.6 Å². The lowest BCUT2D eigenvalue weighted by Gasteiger charge is -2.23. The van der Waals surface area contributed by atoms with E-state index < -0.39 is 0 Å². The number of anilines is 4. The summed E-state index contributed by atoms with van der Waals surface area (Å²) in [6.07, 6.45) is 6.81. The number of aromatic nitrogens is 2. The van der Waals surface area contributed by atoms with Crippen molar-refractivity contribution in [2.45, 2.75) is 46.5 Å². The minimum Gasteiger partial charge on any atom is -0.372 e. The Labute approximate surface area is 157 Å². The maximum Gasteiger partial charge on any atom is 0.135 e. The molecule has 5 heteroatoms. The Kier molecular flexibility index (Phi) is 6.31. The van der Waals surface area contributed by atoms with Crippen LogP contribution >= 0.6 is 0 Å². The molecule has 1 aromatic carbocycles. The Morgan fingerprint density at radius 3 is 2.38 bits per heavy atom. The molecule has 5 nitrogen and oxygen atoms in total. The summed E-state index contributed by atoms with van der Waals surface area (Å²) >= 11 is 0. The monoisotopic (exact) mass is 353 g/mol. The van der Waals surface area contributed by atoms with Gasteiger partial charge in [0.25, 0.3) is 0 Å². The summed E-state index contributed by atoms with van der Waals surface area (Å²) in [6, 6.07) is 8.64. The van der Waals surface area contributed by atoms with Gasteiger partial charge in [0.05, 0.1) is 0 Å². The Hall–Kier alpha value is -2.30. The molecule has 26 heavy (non-hydrogen) atoms. The fourth-order valence-corrected chi connectivity index (χ4v) is 3.60. The Morgan fingerprint density at radius 2 is 1.73 bits per heavy atom. The van der Waals surface area contributed by atoms with Crippen LogP contribution in [0.2, 0.25) is 0 Å². The fourth-order valence-electron chi connectivity index (χ4n) is 3.60. The molecule has 2 heterocycles. The number of hydrogen-bond donors (Lipinski definition) is 1. The molecule has 0 unspecified atom stereocenters. The maximum atomic E-state index is 4.50. The zero-order valence-corrected chi connectivity index (χ0v) is 16.3. The third-order valence-electron chi connectivity index (χ3n) is 5.18. The topological polar surface area (TPSA) is 44.3 Å². The molecule has 2 aromatic rings. The number of nitrogens with one attached hydrogen (secondary N) is 1. The normalized spacial score (nSPS) is 14.8. The molecule has 0 amide bonds. The second-order valence-corrected chi connectivity index (χ2v) is 6.96. The van der Waals surface area contributed by atoms with Gasteiger partial charge in [0.2, 0.25) is 0 Å². The summed E-state index contributed by atoms with van der Waals surface area (Å²) < 4.78 is 0. The second-order valence-electron chi connectivity index (χ2n) is 6.96. The van der Waals surface area contributed by atoms with Gasteiger partial charge in [0.15, 0.2) is 0 Å². The highest BCUT2D eigenvalue weighted by molar-refractivity contribution is 5.66. The largest absolute Gasteiger partial charge is 0.372 e. The minimum absolute atomic E-state index is 0.859. The van der Waals surface area contributed by atoms with Crippen molar-refractivity contribution in [1.29, 1.82) is 0 Å². The first-order chi connectivity index (χ1) is 12.7. The first-order valence-electron chi connectivity index (χ1n) is 9.91. The molecule has 0 atom stereocenters. The molecule has 0 spiro atoms. The standard InChI is InChI=1S/C21H31N5/c1-4-25(5-2)18-10-11-19(17(3)14-18)24-20-15-21(23-16-22-20)26-12-8-6-7-9-13-26/h10-11,14-16H,4-9,12-13H2,1-3H3,(H,22,23,24). The predicted molar refractivity (Wildman–Crippen MR) is 111 cm³/mol. The molecule has 3 rings (SSSR count). The third-order valence-corrected chi connectivity index (χ3v) is 5.18. The van der Waals surface area contributed by atoms with E-state index in [0.717, 1.165) is 43.5 Å². The molecule has 0 bridgehead atoms. The molecule has 1 saturated heterocycles. The first-order valence-corrected chi connectivity index (χ1v) is 9.91. The predicted octanol–water partition coefficient (Wildman–Crippen LogP) is 4.76. The lowest BCUT2D eigenvalue weighted by Crippen LogP contribution is -2.25. The number of hydrogen-bond acceptors (Lipinski definition) is 5. The van der Waals surface area contributed by atoms with Crippen molar-refractivity contribution in [3.63, 3.8) is 0 Å². The van der Waals surface area contributed by atoms with Crippen molar-refractivity contribution in [1.82, 2.24) is 9.97 Å². The molecule has 0 radical (unpaired) electrons. The van der Waals surface area contributed by atoms with E-state index in [9.17, 15) is 0 Å². The summed E-state index contributed by atoms with van der Waals surface area (Å²) in [7, 11) is 0. The van der Waals surface area contributed by atoms with Gasteiger partial charge in [0, 0.05) is 43.6 Å². The van der Waals surface area contributed by atoms with E-state index in [1.165, 1.54) is 36.9 Å². The average Bonchev–Trinajstić information content (AvgIpc) is 2.95. The fraction of sp³-hybridized carbons (Fsp3) is 0.524. The second kappa shape index (κ2) is 8.88. The van der Waals surface area contributed by atoms with Crippen molar-refractivity contribution < 1.29 is 0 Å². The van der Waals surface area contributed by atoms with Gasteiger partial charge in [-0.15, -0.1) is 0 Å². The number of aryl methyl sites for hydroxylation is 1. The van der Waals surface area contributed by atoms with Crippen molar-refractivity contribution in [2.75, 3.05) is 41.3 Å². The van der Waals surface area contributed by atoms with Gasteiger partial charge in [-0.2, -0.15) is 0 Å². The Balaban J connectivity index is 1.75. The molecule has 1 fully saturated rings. The zero-order valence-electron chi connectivity index (χ0n) is 16.3. The van der Waals surface area contributed by atoms with Crippen LogP contribution in [0.3, 0.4) is 0 Å². The van der Waals surface area contributed by atoms with Gasteiger partial charge >= 0.3 is 0 Å². The van der Waals surface area contributed by atoms with Crippen LogP contribution in [0.5, 0.6) is 0 Å². The van der Waals surface area contributed by atoms with E-state index >= 15 is 0 Å². The van der Waals surface area contributed by atoms with Crippen LogP contribution < -0.4 is 15.1 Å². The highest BCUT2D eigenvalue weighted by atomic mass is 15.2. The third kappa shape index (κ3) is 4.45. The lowest BCUT2D eigenvalue weighted by atomic mass is 10.1. The van der Waals surface area contributed by atoms with Gasteiger partial charge in [-0.3, -0.25) is 0 Å². The summed E-state index contributed by atoms with van der Waals surface area (Å²) in [4.78, 5) is 13.7. The molecule has 0 aliphatic carbocycles.